The molecule has 2 N–H and O–H groups in total. The van der Waals surface area contributed by atoms with Crippen molar-refractivity contribution in [1.29, 1.82) is 0 Å². The largest absolute Gasteiger partial charge is 0.458 e. The highest BCUT2D eigenvalue weighted by Gasteiger charge is 2.15. The van der Waals surface area contributed by atoms with Gasteiger partial charge in [0.15, 0.2) is 0 Å². The summed E-state index contributed by atoms with van der Waals surface area (Å²) >= 11 is 1.42. The molecule has 5 heteroatoms. The van der Waals surface area contributed by atoms with Crippen molar-refractivity contribution in [3.63, 3.8) is 0 Å². The van der Waals surface area contributed by atoms with Gasteiger partial charge >= 0.3 is 5.97 Å². The van der Waals surface area contributed by atoms with E-state index < -0.39 is 0 Å². The second-order valence-corrected chi connectivity index (χ2v) is 5.49. The number of carbonyl (C=O) groups excluding carboxylic acids is 1. The van der Waals surface area contributed by atoms with Gasteiger partial charge in [0.1, 0.15) is 11.0 Å². The molecule has 0 fully saturated rings. The maximum Gasteiger partial charge on any atom is 0.348 e. The van der Waals surface area contributed by atoms with Gasteiger partial charge in [-0.05, 0) is 36.6 Å². The molecule has 1 aromatic carbocycles. The van der Waals surface area contributed by atoms with Crippen molar-refractivity contribution in [2.45, 2.75) is 19.4 Å². The highest BCUT2D eigenvalue weighted by atomic mass is 32.1. The second-order valence-electron chi connectivity index (χ2n) is 4.41. The number of methoxy groups -OCH3 is 1. The minimum atomic E-state index is -0.289. The van der Waals surface area contributed by atoms with Crippen molar-refractivity contribution in [1.82, 2.24) is 0 Å². The lowest BCUT2D eigenvalue weighted by atomic mass is 10.2. The van der Waals surface area contributed by atoms with Crippen LogP contribution in [0, 0.1) is 0 Å². The summed E-state index contributed by atoms with van der Waals surface area (Å²) in [6.07, 6.45) is 0.544. The molecule has 0 spiro atoms. The number of fused-ring (bicyclic) bond motifs is 1. The lowest BCUT2D eigenvalue weighted by Gasteiger charge is -2.11. The SMILES string of the molecule is COCCC(C)OC(=O)c1cc2cc(N)ccc2s1. The van der Waals surface area contributed by atoms with Gasteiger partial charge in [0, 0.05) is 30.5 Å². The monoisotopic (exact) mass is 279 g/mol. The fourth-order valence-corrected chi connectivity index (χ4v) is 2.67. The van der Waals surface area contributed by atoms with Crippen LogP contribution >= 0.6 is 11.3 Å². The van der Waals surface area contributed by atoms with E-state index in [0.717, 1.165) is 10.1 Å². The molecule has 2 rings (SSSR count). The van der Waals surface area contributed by atoms with Gasteiger partial charge in [-0.2, -0.15) is 0 Å². The van der Waals surface area contributed by atoms with E-state index in [1.807, 2.05) is 31.2 Å². The molecule has 1 atom stereocenters. The molecule has 0 aliphatic rings. The van der Waals surface area contributed by atoms with E-state index >= 15 is 0 Å². The Morgan fingerprint density at radius 3 is 2.95 bits per heavy atom. The average Bonchev–Trinajstić information content (AvgIpc) is 2.79. The lowest BCUT2D eigenvalue weighted by molar-refractivity contribution is 0.0272. The van der Waals surface area contributed by atoms with Gasteiger partial charge in [-0.3, -0.25) is 0 Å². The first-order valence-corrected chi connectivity index (χ1v) is 6.91. The molecule has 0 radical (unpaired) electrons. The van der Waals surface area contributed by atoms with Crippen LogP contribution in [-0.4, -0.2) is 25.8 Å². The van der Waals surface area contributed by atoms with Gasteiger partial charge in [0.2, 0.25) is 0 Å². The maximum atomic E-state index is 12.0. The normalized spacial score (nSPS) is 12.5. The van der Waals surface area contributed by atoms with Gasteiger partial charge in [-0.15, -0.1) is 11.3 Å². The van der Waals surface area contributed by atoms with Gasteiger partial charge < -0.3 is 15.2 Å². The fourth-order valence-electron chi connectivity index (χ4n) is 1.75. The molecule has 0 aliphatic carbocycles. The molecule has 1 unspecified atom stereocenters. The number of ether oxygens (including phenoxy) is 2. The summed E-state index contributed by atoms with van der Waals surface area (Å²) in [5, 5.41) is 0.974. The smallest absolute Gasteiger partial charge is 0.348 e. The summed E-state index contributed by atoms with van der Waals surface area (Å²) in [7, 11) is 1.63. The molecule has 0 saturated carbocycles. The molecule has 0 bridgehead atoms. The first-order chi connectivity index (χ1) is 9.10. The number of benzene rings is 1. The van der Waals surface area contributed by atoms with Crippen LogP contribution in [0.15, 0.2) is 24.3 Å². The van der Waals surface area contributed by atoms with Crippen LogP contribution in [0.4, 0.5) is 5.69 Å². The summed E-state index contributed by atoms with van der Waals surface area (Å²) in [6, 6.07) is 7.42. The number of hydrogen-bond acceptors (Lipinski definition) is 5. The number of rotatable bonds is 5. The zero-order chi connectivity index (χ0) is 13.8. The predicted octanol–water partition coefficient (Wildman–Crippen LogP) is 3.07. The number of nitrogens with two attached hydrogens (primary N) is 1. The Hall–Kier alpha value is -1.59. The topological polar surface area (TPSA) is 61.5 Å². The van der Waals surface area contributed by atoms with E-state index in [4.69, 9.17) is 15.2 Å². The van der Waals surface area contributed by atoms with Crippen molar-refractivity contribution in [2.24, 2.45) is 0 Å². The molecule has 2 aromatic rings. The van der Waals surface area contributed by atoms with Crippen molar-refractivity contribution >= 4 is 33.1 Å². The highest BCUT2D eigenvalue weighted by Crippen LogP contribution is 2.28. The molecule has 0 aliphatic heterocycles. The maximum absolute atomic E-state index is 12.0. The molecular weight excluding hydrogens is 262 g/mol. The van der Waals surface area contributed by atoms with Crippen molar-refractivity contribution in [3.8, 4) is 0 Å². The van der Waals surface area contributed by atoms with E-state index in [2.05, 4.69) is 0 Å². The van der Waals surface area contributed by atoms with Gasteiger partial charge in [-0.25, -0.2) is 4.79 Å². The number of esters is 1. The number of anilines is 1. The number of hydrogen-bond donors (Lipinski definition) is 1. The Bertz CT molecular complexity index is 579. The number of nitrogen functional groups attached to an aromatic ring is 1. The van der Waals surface area contributed by atoms with Crippen molar-refractivity contribution in [2.75, 3.05) is 19.5 Å². The zero-order valence-corrected chi connectivity index (χ0v) is 11.8. The summed E-state index contributed by atoms with van der Waals surface area (Å²) in [5.74, 6) is -0.289. The number of thiophene rings is 1. The van der Waals surface area contributed by atoms with E-state index in [1.165, 1.54) is 11.3 Å². The fraction of sp³-hybridized carbons (Fsp3) is 0.357. The van der Waals surface area contributed by atoms with E-state index in [9.17, 15) is 4.79 Å². The lowest BCUT2D eigenvalue weighted by Crippen LogP contribution is -2.15. The van der Waals surface area contributed by atoms with Crippen molar-refractivity contribution < 1.29 is 14.3 Å². The van der Waals surface area contributed by atoms with Crippen LogP contribution in [0.1, 0.15) is 23.0 Å². The molecule has 0 amide bonds. The molecule has 0 saturated heterocycles. The van der Waals surface area contributed by atoms with E-state index in [-0.39, 0.29) is 12.1 Å². The minimum Gasteiger partial charge on any atom is -0.458 e. The van der Waals surface area contributed by atoms with Gasteiger partial charge in [0.05, 0.1) is 0 Å². The third-order valence-electron chi connectivity index (χ3n) is 2.78. The quantitative estimate of drug-likeness (QED) is 0.675. The summed E-state index contributed by atoms with van der Waals surface area (Å²) in [4.78, 5) is 12.6. The zero-order valence-electron chi connectivity index (χ0n) is 11.0. The standard InChI is InChI=1S/C14H17NO3S/c1-9(5-6-17-2)18-14(16)13-8-10-7-11(15)3-4-12(10)19-13/h3-4,7-9H,5-6,15H2,1-2H3. The van der Waals surface area contributed by atoms with Crippen LogP contribution < -0.4 is 5.73 Å². The van der Waals surface area contributed by atoms with Crippen LogP contribution in [0.5, 0.6) is 0 Å². The molecule has 19 heavy (non-hydrogen) atoms. The first-order valence-electron chi connectivity index (χ1n) is 6.09. The number of carbonyl (C=O) groups is 1. The van der Waals surface area contributed by atoms with Crippen LogP contribution in [0.2, 0.25) is 0 Å². The Morgan fingerprint density at radius 1 is 1.42 bits per heavy atom. The summed E-state index contributed by atoms with van der Waals surface area (Å²) < 4.78 is 11.3. The Balaban J connectivity index is 2.08. The Kier molecular flexibility index (Phi) is 4.39. The van der Waals surface area contributed by atoms with Crippen molar-refractivity contribution in [3.05, 3.63) is 29.1 Å². The van der Waals surface area contributed by atoms with E-state index in [0.29, 0.717) is 23.6 Å². The van der Waals surface area contributed by atoms with Crippen LogP contribution in [-0.2, 0) is 9.47 Å². The third-order valence-corrected chi connectivity index (χ3v) is 3.87. The van der Waals surface area contributed by atoms with Gasteiger partial charge in [0.25, 0.3) is 0 Å². The molecule has 4 nitrogen and oxygen atoms in total. The van der Waals surface area contributed by atoms with Gasteiger partial charge in [-0.1, -0.05) is 0 Å². The third kappa shape index (κ3) is 3.45. The van der Waals surface area contributed by atoms with Crippen LogP contribution in [0.25, 0.3) is 10.1 Å². The molecule has 102 valence electrons. The molecule has 1 aromatic heterocycles. The Morgan fingerprint density at radius 2 is 2.21 bits per heavy atom. The minimum absolute atomic E-state index is 0.150. The van der Waals surface area contributed by atoms with E-state index in [1.54, 1.807) is 7.11 Å². The Labute approximate surface area is 116 Å². The second kappa shape index (κ2) is 6.04. The predicted molar refractivity (Wildman–Crippen MR) is 77.6 cm³/mol. The average molecular weight is 279 g/mol. The molecular formula is C14H17NO3S. The summed E-state index contributed by atoms with van der Waals surface area (Å²) in [6.45, 7) is 2.44. The summed E-state index contributed by atoms with van der Waals surface area (Å²) in [5.41, 5.74) is 6.41. The van der Waals surface area contributed by atoms with Crippen LogP contribution in [0.3, 0.4) is 0 Å². The molecule has 1 heterocycles. The first kappa shape index (κ1) is 13.8. The highest BCUT2D eigenvalue weighted by molar-refractivity contribution is 7.20.